The molecule has 0 bridgehead atoms. The summed E-state index contributed by atoms with van der Waals surface area (Å²) in [5.74, 6) is 1.30. The second-order valence-corrected chi connectivity index (χ2v) is 8.09. The Balaban J connectivity index is 1.83. The number of rotatable bonds is 5. The normalized spacial score (nSPS) is 29.4. The van der Waals surface area contributed by atoms with Gasteiger partial charge in [-0.3, -0.25) is 4.79 Å². The summed E-state index contributed by atoms with van der Waals surface area (Å²) >= 11 is 2.02. The quantitative estimate of drug-likeness (QED) is 0.847. The maximum Gasteiger partial charge on any atom is 0.225 e. The van der Waals surface area contributed by atoms with Gasteiger partial charge in [-0.15, -0.1) is 0 Å². The Morgan fingerprint density at radius 1 is 1.30 bits per heavy atom. The molecule has 2 saturated carbocycles. The largest absolute Gasteiger partial charge is 0.389 e. The van der Waals surface area contributed by atoms with Crippen LogP contribution in [0.3, 0.4) is 0 Å². The Morgan fingerprint density at radius 3 is 2.65 bits per heavy atom. The molecule has 2 unspecified atom stereocenters. The minimum absolute atomic E-state index is 0.140. The van der Waals surface area contributed by atoms with E-state index in [9.17, 15) is 9.90 Å². The Kier molecular flexibility index (Phi) is 5.79. The molecule has 0 radical (unpaired) electrons. The lowest BCUT2D eigenvalue weighted by atomic mass is 9.82. The van der Waals surface area contributed by atoms with Crippen LogP contribution in [0.4, 0.5) is 0 Å². The summed E-state index contributed by atoms with van der Waals surface area (Å²) in [7, 11) is 1.93. The van der Waals surface area contributed by atoms with E-state index in [1.165, 1.54) is 12.8 Å². The molecule has 0 aromatic rings. The third kappa shape index (κ3) is 4.14. The molecule has 2 atom stereocenters. The number of nitrogens with zero attached hydrogens (tertiary/aromatic N) is 1. The summed E-state index contributed by atoms with van der Waals surface area (Å²) in [6.07, 6.45) is 8.72. The molecule has 0 spiro atoms. The lowest BCUT2D eigenvalue weighted by Crippen LogP contribution is -2.42. The van der Waals surface area contributed by atoms with Crippen LogP contribution in [0.25, 0.3) is 0 Å². The average Bonchev–Trinajstić information content (AvgIpc) is 2.87. The zero-order valence-electron chi connectivity index (χ0n) is 12.9. The van der Waals surface area contributed by atoms with Crippen LogP contribution in [0.1, 0.15) is 64.7 Å². The van der Waals surface area contributed by atoms with Crippen molar-refractivity contribution in [3.05, 3.63) is 0 Å². The monoisotopic (exact) mass is 299 g/mol. The molecule has 3 nitrogen and oxygen atoms in total. The fourth-order valence-electron chi connectivity index (χ4n) is 3.65. The number of hydrogen-bond acceptors (Lipinski definition) is 3. The first-order chi connectivity index (χ1) is 9.54. The van der Waals surface area contributed by atoms with Crippen LogP contribution in [0.15, 0.2) is 0 Å². The molecule has 0 saturated heterocycles. The van der Waals surface area contributed by atoms with Gasteiger partial charge in [0.25, 0.3) is 0 Å². The van der Waals surface area contributed by atoms with E-state index >= 15 is 0 Å². The summed E-state index contributed by atoms with van der Waals surface area (Å²) in [5.41, 5.74) is -0.722. The van der Waals surface area contributed by atoms with Gasteiger partial charge in [-0.25, -0.2) is 0 Å². The van der Waals surface area contributed by atoms with Crippen LogP contribution in [0, 0.1) is 0 Å². The van der Waals surface area contributed by atoms with Crippen LogP contribution in [0.2, 0.25) is 0 Å². The zero-order valence-corrected chi connectivity index (χ0v) is 13.8. The highest BCUT2D eigenvalue weighted by molar-refractivity contribution is 7.99. The van der Waals surface area contributed by atoms with Crippen molar-refractivity contribution in [1.29, 1.82) is 0 Å². The minimum Gasteiger partial charge on any atom is -0.389 e. The van der Waals surface area contributed by atoms with E-state index in [0.29, 0.717) is 12.5 Å². The van der Waals surface area contributed by atoms with Gasteiger partial charge in [0.1, 0.15) is 0 Å². The van der Waals surface area contributed by atoms with Crippen LogP contribution in [0.5, 0.6) is 0 Å². The molecular weight excluding hydrogens is 270 g/mol. The zero-order chi connectivity index (χ0) is 14.6. The molecule has 1 N–H and O–H groups in total. The molecule has 20 heavy (non-hydrogen) atoms. The summed E-state index contributed by atoms with van der Waals surface area (Å²) < 4.78 is 0. The van der Waals surface area contributed by atoms with Crippen molar-refractivity contribution >= 4 is 17.7 Å². The summed E-state index contributed by atoms with van der Waals surface area (Å²) in [6.45, 7) is 2.20. The van der Waals surface area contributed by atoms with Crippen molar-refractivity contribution in [3.63, 3.8) is 0 Å². The Labute approximate surface area is 127 Å². The summed E-state index contributed by atoms with van der Waals surface area (Å²) in [5, 5.41) is 11.2. The Morgan fingerprint density at radius 2 is 2.00 bits per heavy atom. The summed E-state index contributed by atoms with van der Waals surface area (Å²) in [4.78, 5) is 14.3. The predicted molar refractivity (Wildman–Crippen MR) is 85.0 cm³/mol. The van der Waals surface area contributed by atoms with Crippen LogP contribution in [-0.2, 0) is 4.79 Å². The maximum absolute atomic E-state index is 12.4. The molecule has 4 heteroatoms. The molecule has 1 amide bonds. The lowest BCUT2D eigenvalue weighted by Gasteiger charge is -2.34. The Bertz CT molecular complexity index is 328. The lowest BCUT2D eigenvalue weighted by molar-refractivity contribution is -0.138. The molecule has 2 aliphatic rings. The molecule has 0 heterocycles. The van der Waals surface area contributed by atoms with Gasteiger partial charge in [0, 0.05) is 18.3 Å². The van der Waals surface area contributed by atoms with Crippen molar-refractivity contribution in [1.82, 2.24) is 4.90 Å². The van der Waals surface area contributed by atoms with E-state index in [4.69, 9.17) is 0 Å². The van der Waals surface area contributed by atoms with Gasteiger partial charge in [0.05, 0.1) is 12.0 Å². The highest BCUT2D eigenvalue weighted by atomic mass is 32.2. The number of carbonyl (C=O) groups excluding carboxylic acids is 1. The number of hydrogen-bond donors (Lipinski definition) is 1. The first kappa shape index (κ1) is 16.2. The third-order valence-corrected chi connectivity index (χ3v) is 6.20. The fraction of sp³-hybridized carbons (Fsp3) is 0.938. The van der Waals surface area contributed by atoms with E-state index in [-0.39, 0.29) is 5.91 Å². The van der Waals surface area contributed by atoms with Gasteiger partial charge in [-0.1, -0.05) is 26.2 Å². The predicted octanol–water partition coefficient (Wildman–Crippen LogP) is 3.20. The first-order valence-corrected chi connectivity index (χ1v) is 9.18. The maximum atomic E-state index is 12.4. The third-order valence-electron chi connectivity index (χ3n) is 4.96. The average molecular weight is 299 g/mol. The van der Waals surface area contributed by atoms with Gasteiger partial charge in [-0.05, 0) is 37.9 Å². The smallest absolute Gasteiger partial charge is 0.225 e. The molecular formula is C16H29NO2S. The molecule has 2 aliphatic carbocycles. The van der Waals surface area contributed by atoms with Crippen molar-refractivity contribution in [2.24, 2.45) is 0 Å². The highest BCUT2D eigenvalue weighted by Crippen LogP contribution is 2.34. The highest BCUT2D eigenvalue weighted by Gasteiger charge is 2.35. The van der Waals surface area contributed by atoms with Gasteiger partial charge < -0.3 is 10.0 Å². The van der Waals surface area contributed by atoms with E-state index in [0.717, 1.165) is 49.5 Å². The molecule has 0 aliphatic heterocycles. The standard InChI is InChI=1S/C16H29NO2S/c1-3-20-14-8-7-13(11-14)17(2)15(18)12-16(19)9-5-4-6-10-16/h13-14,19H,3-12H2,1-2H3. The van der Waals surface area contributed by atoms with Crippen LogP contribution < -0.4 is 0 Å². The van der Waals surface area contributed by atoms with Crippen LogP contribution in [-0.4, -0.2) is 45.6 Å². The van der Waals surface area contributed by atoms with Crippen molar-refractivity contribution in [2.45, 2.75) is 81.6 Å². The van der Waals surface area contributed by atoms with Crippen molar-refractivity contribution in [3.8, 4) is 0 Å². The van der Waals surface area contributed by atoms with Crippen molar-refractivity contribution in [2.75, 3.05) is 12.8 Å². The molecule has 0 aromatic carbocycles. The molecule has 116 valence electrons. The van der Waals surface area contributed by atoms with Crippen molar-refractivity contribution < 1.29 is 9.90 Å². The number of thioether (sulfide) groups is 1. The topological polar surface area (TPSA) is 40.5 Å². The van der Waals surface area contributed by atoms with E-state index in [1.54, 1.807) is 0 Å². The van der Waals surface area contributed by atoms with Gasteiger partial charge in [0.2, 0.25) is 5.91 Å². The van der Waals surface area contributed by atoms with Gasteiger partial charge >= 0.3 is 0 Å². The van der Waals surface area contributed by atoms with E-state index < -0.39 is 5.60 Å². The number of carbonyl (C=O) groups is 1. The second-order valence-electron chi connectivity index (χ2n) is 6.51. The van der Waals surface area contributed by atoms with Crippen LogP contribution >= 0.6 is 11.8 Å². The fourth-order valence-corrected chi connectivity index (χ4v) is 4.79. The first-order valence-electron chi connectivity index (χ1n) is 8.14. The molecule has 2 fully saturated rings. The SMILES string of the molecule is CCSC1CCC(N(C)C(=O)CC2(O)CCCCC2)C1. The minimum atomic E-state index is -0.722. The second kappa shape index (κ2) is 7.17. The van der Waals surface area contributed by atoms with E-state index in [2.05, 4.69) is 6.92 Å². The molecule has 2 rings (SSSR count). The number of aliphatic hydroxyl groups is 1. The van der Waals surface area contributed by atoms with E-state index in [1.807, 2.05) is 23.7 Å². The Hall–Kier alpha value is -0.220. The molecule has 0 aromatic heterocycles. The van der Waals surface area contributed by atoms with Gasteiger partial charge in [-0.2, -0.15) is 11.8 Å². The van der Waals surface area contributed by atoms with Gasteiger partial charge in [0.15, 0.2) is 0 Å². The summed E-state index contributed by atoms with van der Waals surface area (Å²) in [6, 6.07) is 0.388. The number of amides is 1.